The number of fused-ring (bicyclic) bond motifs is 15. The number of aromatic nitrogens is 3. The molecular formula is C57H35N5. The second kappa shape index (κ2) is 12.3. The maximum atomic E-state index is 11.2. The van der Waals surface area contributed by atoms with Crippen LogP contribution in [0.5, 0.6) is 0 Å². The van der Waals surface area contributed by atoms with Gasteiger partial charge in [0.1, 0.15) is 12.1 Å². The Morgan fingerprint density at radius 1 is 0.403 bits per heavy atom. The zero-order valence-electron chi connectivity index (χ0n) is 34.0. The molecule has 0 spiro atoms. The van der Waals surface area contributed by atoms with Crippen molar-refractivity contribution in [2.45, 2.75) is 19.3 Å². The van der Waals surface area contributed by atoms with Gasteiger partial charge in [0.05, 0.1) is 55.6 Å². The molecule has 0 aliphatic heterocycles. The highest BCUT2D eigenvalue weighted by Crippen LogP contribution is 2.53. The molecule has 3 aromatic heterocycles. The second-order valence-electron chi connectivity index (χ2n) is 17.1. The number of nitrogens with zero attached hydrogens (tertiary/aromatic N) is 5. The maximum Gasteiger partial charge on any atom is 0.101 e. The molecule has 0 fully saturated rings. The summed E-state index contributed by atoms with van der Waals surface area (Å²) in [4.78, 5) is 0. The van der Waals surface area contributed by atoms with Crippen molar-refractivity contribution in [2.24, 2.45) is 0 Å². The molecule has 0 atom stereocenters. The number of para-hydroxylation sites is 3. The van der Waals surface area contributed by atoms with Crippen molar-refractivity contribution in [3.63, 3.8) is 0 Å². The third-order valence-electron chi connectivity index (χ3n) is 13.7. The van der Waals surface area contributed by atoms with Gasteiger partial charge >= 0.3 is 0 Å². The van der Waals surface area contributed by atoms with E-state index in [9.17, 15) is 10.5 Å². The van der Waals surface area contributed by atoms with E-state index in [1.54, 1.807) is 0 Å². The molecular weight excluding hydrogens is 755 g/mol. The standard InChI is InChI=1S/C57H35N5/c1-57(2)45-19-9-5-15-39(45)42-25-28-51-55(56(42)57)43-18-8-12-22-48(43)61(51)52-29-36(33-59)53(30-35(52)32-58)62-49-27-24-37(31-44(49)54-38-14-4-3-13-34(38)23-26-50(54)62)60-46-20-10-6-16-40(46)41-17-7-11-21-47(41)60/h3-31H,1-2H3. The smallest absolute Gasteiger partial charge is 0.101 e. The van der Waals surface area contributed by atoms with Gasteiger partial charge < -0.3 is 13.7 Å². The quantitative estimate of drug-likeness (QED) is 0.179. The minimum atomic E-state index is -0.234. The summed E-state index contributed by atoms with van der Waals surface area (Å²) in [6.45, 7) is 4.63. The first-order valence-corrected chi connectivity index (χ1v) is 21.1. The maximum absolute atomic E-state index is 11.2. The molecule has 62 heavy (non-hydrogen) atoms. The van der Waals surface area contributed by atoms with E-state index in [-0.39, 0.29) is 5.41 Å². The molecule has 0 radical (unpaired) electrons. The van der Waals surface area contributed by atoms with Crippen LogP contribution in [0, 0.1) is 22.7 Å². The highest BCUT2D eigenvalue weighted by Gasteiger charge is 2.38. The highest BCUT2D eigenvalue weighted by atomic mass is 15.0. The van der Waals surface area contributed by atoms with Crippen LogP contribution in [0.4, 0.5) is 0 Å². The largest absolute Gasteiger partial charge is 0.309 e. The van der Waals surface area contributed by atoms with Gasteiger partial charge in [-0.05, 0) is 93.7 Å². The van der Waals surface area contributed by atoms with E-state index in [0.29, 0.717) is 22.5 Å². The molecule has 0 bridgehead atoms. The normalized spacial score (nSPS) is 13.1. The summed E-state index contributed by atoms with van der Waals surface area (Å²) in [6.07, 6.45) is 0. The van der Waals surface area contributed by atoms with E-state index in [1.165, 1.54) is 38.4 Å². The van der Waals surface area contributed by atoms with Gasteiger partial charge in [-0.1, -0.05) is 129 Å². The third-order valence-corrected chi connectivity index (χ3v) is 13.7. The van der Waals surface area contributed by atoms with E-state index in [0.717, 1.165) is 65.7 Å². The van der Waals surface area contributed by atoms with Gasteiger partial charge in [0, 0.05) is 43.4 Å². The predicted octanol–water partition coefficient (Wildman–Crippen LogP) is 14.2. The van der Waals surface area contributed by atoms with Crippen LogP contribution in [-0.4, -0.2) is 13.7 Å². The van der Waals surface area contributed by atoms with Crippen LogP contribution >= 0.6 is 0 Å². The molecule has 1 aliphatic carbocycles. The Morgan fingerprint density at radius 2 is 0.919 bits per heavy atom. The van der Waals surface area contributed by atoms with Crippen molar-refractivity contribution in [1.82, 2.24) is 13.7 Å². The molecule has 0 saturated carbocycles. The number of nitriles is 2. The molecule has 3 heterocycles. The van der Waals surface area contributed by atoms with Gasteiger partial charge in [0.25, 0.3) is 0 Å². The third kappa shape index (κ3) is 4.39. The number of benzene rings is 9. The number of hydrogen-bond acceptors (Lipinski definition) is 2. The zero-order valence-corrected chi connectivity index (χ0v) is 34.0. The first-order chi connectivity index (χ1) is 30.5. The Balaban J connectivity index is 1.09. The Labute approximate surface area is 356 Å². The van der Waals surface area contributed by atoms with Gasteiger partial charge in [-0.2, -0.15) is 10.5 Å². The Hall–Kier alpha value is -8.38. The lowest BCUT2D eigenvalue weighted by Crippen LogP contribution is -2.15. The van der Waals surface area contributed by atoms with Crippen LogP contribution in [0.1, 0.15) is 36.1 Å². The first-order valence-electron chi connectivity index (χ1n) is 21.1. The molecule has 9 aromatic carbocycles. The summed E-state index contributed by atoms with van der Waals surface area (Å²) in [5.41, 5.74) is 14.5. The number of rotatable bonds is 3. The molecule has 0 unspecified atom stereocenters. The molecule has 0 N–H and O–H groups in total. The molecule has 12 aromatic rings. The van der Waals surface area contributed by atoms with Crippen LogP contribution in [0.3, 0.4) is 0 Å². The SMILES string of the molecule is CC1(C)c2ccccc2-c2ccc3c(c21)c1ccccc1n3-c1cc(C#N)c(-n2c3ccc(-n4c5ccccc5c5ccccc54)cc3c3c4ccccc4ccc32)cc1C#N. The number of hydrogen-bond donors (Lipinski definition) is 0. The van der Waals surface area contributed by atoms with Crippen molar-refractivity contribution >= 4 is 76.2 Å². The molecule has 5 nitrogen and oxygen atoms in total. The molecule has 1 aliphatic rings. The second-order valence-corrected chi connectivity index (χ2v) is 17.1. The van der Waals surface area contributed by atoms with Crippen molar-refractivity contribution in [3.8, 4) is 40.3 Å². The van der Waals surface area contributed by atoms with Crippen LogP contribution in [0.25, 0.3) is 104 Å². The van der Waals surface area contributed by atoms with Gasteiger partial charge in [-0.15, -0.1) is 0 Å². The van der Waals surface area contributed by atoms with Gasteiger partial charge in [0.2, 0.25) is 0 Å². The summed E-state index contributed by atoms with van der Waals surface area (Å²) in [6, 6.07) is 67.3. The van der Waals surface area contributed by atoms with Crippen molar-refractivity contribution in [3.05, 3.63) is 198 Å². The average Bonchev–Trinajstić information content (AvgIpc) is 4.02. The van der Waals surface area contributed by atoms with Crippen molar-refractivity contribution < 1.29 is 0 Å². The van der Waals surface area contributed by atoms with E-state index in [2.05, 4.69) is 203 Å². The predicted molar refractivity (Wildman–Crippen MR) is 254 cm³/mol. The van der Waals surface area contributed by atoms with E-state index < -0.39 is 0 Å². The van der Waals surface area contributed by atoms with Crippen LogP contribution < -0.4 is 0 Å². The zero-order chi connectivity index (χ0) is 41.4. The summed E-state index contributed by atoms with van der Waals surface area (Å²) in [7, 11) is 0. The lowest BCUT2D eigenvalue weighted by molar-refractivity contribution is 0.666. The summed E-state index contributed by atoms with van der Waals surface area (Å²) in [5.74, 6) is 0. The molecule has 0 saturated heterocycles. The van der Waals surface area contributed by atoms with Crippen LogP contribution in [0.2, 0.25) is 0 Å². The first kappa shape index (κ1) is 34.5. The Bertz CT molecular complexity index is 3990. The fraction of sp³-hybridized carbons (Fsp3) is 0.0526. The average molecular weight is 790 g/mol. The minimum Gasteiger partial charge on any atom is -0.309 e. The van der Waals surface area contributed by atoms with Crippen LogP contribution in [0.15, 0.2) is 176 Å². The highest BCUT2D eigenvalue weighted by molar-refractivity contribution is 6.22. The van der Waals surface area contributed by atoms with Gasteiger partial charge in [-0.25, -0.2) is 0 Å². The lowest BCUT2D eigenvalue weighted by atomic mass is 9.80. The van der Waals surface area contributed by atoms with Gasteiger partial charge in [-0.3, -0.25) is 0 Å². The molecule has 13 rings (SSSR count). The molecule has 288 valence electrons. The monoisotopic (exact) mass is 789 g/mol. The summed E-state index contributed by atoms with van der Waals surface area (Å²) >= 11 is 0. The Morgan fingerprint density at radius 3 is 1.60 bits per heavy atom. The fourth-order valence-electron chi connectivity index (χ4n) is 11.1. The fourth-order valence-corrected chi connectivity index (χ4v) is 11.1. The summed E-state index contributed by atoms with van der Waals surface area (Å²) in [5, 5.41) is 31.4. The van der Waals surface area contributed by atoms with Crippen LogP contribution in [-0.2, 0) is 5.41 Å². The van der Waals surface area contributed by atoms with Crippen molar-refractivity contribution in [1.29, 1.82) is 10.5 Å². The topological polar surface area (TPSA) is 62.4 Å². The van der Waals surface area contributed by atoms with E-state index in [1.807, 2.05) is 12.1 Å². The Kier molecular flexibility index (Phi) is 6.86. The minimum absolute atomic E-state index is 0.234. The molecule has 5 heteroatoms. The summed E-state index contributed by atoms with van der Waals surface area (Å²) < 4.78 is 6.74. The van der Waals surface area contributed by atoms with Crippen molar-refractivity contribution in [2.75, 3.05) is 0 Å². The van der Waals surface area contributed by atoms with E-state index >= 15 is 0 Å². The molecule has 0 amide bonds. The van der Waals surface area contributed by atoms with E-state index in [4.69, 9.17) is 0 Å². The van der Waals surface area contributed by atoms with Gasteiger partial charge in [0.15, 0.2) is 0 Å². The lowest BCUT2D eigenvalue weighted by Gasteiger charge is -2.22.